The Morgan fingerprint density at radius 2 is 2.10 bits per heavy atom. The van der Waals surface area contributed by atoms with Gasteiger partial charge in [0.15, 0.2) is 0 Å². The Bertz CT molecular complexity index is 761. The molecule has 0 amide bonds. The predicted octanol–water partition coefficient (Wildman–Crippen LogP) is 2.04. The third-order valence-corrected chi connectivity index (χ3v) is 4.72. The quantitative estimate of drug-likeness (QED) is 0.774. The second kappa shape index (κ2) is 4.96. The third kappa shape index (κ3) is 2.21. The summed E-state index contributed by atoms with van der Waals surface area (Å²) < 4.78 is 6.49. The van der Waals surface area contributed by atoms with E-state index in [4.69, 9.17) is 10.2 Å². The van der Waals surface area contributed by atoms with Gasteiger partial charge in [-0.3, -0.25) is 0 Å². The van der Waals surface area contributed by atoms with Crippen molar-refractivity contribution in [2.75, 3.05) is 23.7 Å². The first-order valence-corrected chi connectivity index (χ1v) is 7.71. The molecule has 4 heterocycles. The Labute approximate surface area is 124 Å². The van der Waals surface area contributed by atoms with Crippen LogP contribution in [0.15, 0.2) is 22.2 Å². The van der Waals surface area contributed by atoms with Gasteiger partial charge in [0, 0.05) is 19.0 Å². The molecule has 2 N–H and O–H groups in total. The zero-order valence-electron chi connectivity index (χ0n) is 11.3. The number of rotatable bonds is 2. The first-order valence-electron chi connectivity index (χ1n) is 6.83. The van der Waals surface area contributed by atoms with Gasteiger partial charge in [0.2, 0.25) is 5.89 Å². The van der Waals surface area contributed by atoms with Gasteiger partial charge < -0.3 is 15.1 Å². The molecular formula is C13H14N6OS. The van der Waals surface area contributed by atoms with E-state index in [0.717, 1.165) is 42.0 Å². The first kappa shape index (κ1) is 12.5. The van der Waals surface area contributed by atoms with Gasteiger partial charge in [0.25, 0.3) is 0 Å². The van der Waals surface area contributed by atoms with Crippen LogP contribution in [0.3, 0.4) is 0 Å². The summed E-state index contributed by atoms with van der Waals surface area (Å²) in [5, 5.41) is 9.78. The summed E-state index contributed by atoms with van der Waals surface area (Å²) in [5.41, 5.74) is 6.50. The van der Waals surface area contributed by atoms with Gasteiger partial charge in [-0.25, -0.2) is 9.97 Å². The van der Waals surface area contributed by atoms with Crippen LogP contribution in [0.5, 0.6) is 0 Å². The fourth-order valence-corrected chi connectivity index (χ4v) is 3.61. The van der Waals surface area contributed by atoms with Crippen molar-refractivity contribution in [2.45, 2.75) is 18.8 Å². The van der Waals surface area contributed by atoms with Crippen LogP contribution >= 0.6 is 11.3 Å². The molecular weight excluding hydrogens is 288 g/mol. The minimum atomic E-state index is 0.142. The summed E-state index contributed by atoms with van der Waals surface area (Å²) in [6.45, 7) is 1.83. The zero-order chi connectivity index (χ0) is 14.2. The van der Waals surface area contributed by atoms with Crippen LogP contribution < -0.4 is 10.6 Å². The maximum Gasteiger partial charge on any atom is 0.312 e. The van der Waals surface area contributed by atoms with Crippen molar-refractivity contribution < 1.29 is 4.42 Å². The highest BCUT2D eigenvalue weighted by atomic mass is 32.1. The van der Waals surface area contributed by atoms with E-state index in [9.17, 15) is 0 Å². The number of nitrogens with two attached hydrogens (primary N) is 1. The smallest absolute Gasteiger partial charge is 0.312 e. The second-order valence-corrected chi connectivity index (χ2v) is 5.99. The molecule has 1 aliphatic rings. The third-order valence-electron chi connectivity index (χ3n) is 3.82. The molecule has 1 saturated heterocycles. The van der Waals surface area contributed by atoms with Crippen LogP contribution in [0.2, 0.25) is 0 Å². The number of nitrogen functional groups attached to an aromatic ring is 1. The Morgan fingerprint density at radius 1 is 1.24 bits per heavy atom. The van der Waals surface area contributed by atoms with Crippen LogP contribution in [0.4, 0.5) is 11.8 Å². The standard InChI is InChI=1S/C13H14N6OS/c14-13-18-17-12(20-13)8-1-4-19(5-2-8)11-10-9(3-6-21-10)15-7-16-11/h3,6-8H,1-2,4-5H2,(H2,14,18). The molecule has 21 heavy (non-hydrogen) atoms. The van der Waals surface area contributed by atoms with Gasteiger partial charge in [0.1, 0.15) is 12.1 Å². The number of hydrogen-bond acceptors (Lipinski definition) is 8. The monoisotopic (exact) mass is 302 g/mol. The second-order valence-electron chi connectivity index (χ2n) is 5.07. The van der Waals surface area contributed by atoms with Gasteiger partial charge >= 0.3 is 6.01 Å². The van der Waals surface area contributed by atoms with E-state index in [2.05, 4.69) is 30.4 Å². The van der Waals surface area contributed by atoms with Crippen LogP contribution in [-0.2, 0) is 0 Å². The summed E-state index contributed by atoms with van der Waals surface area (Å²) >= 11 is 1.68. The number of nitrogens with zero attached hydrogens (tertiary/aromatic N) is 5. The SMILES string of the molecule is Nc1nnc(C2CCN(c3ncnc4ccsc34)CC2)o1. The molecule has 0 unspecified atom stereocenters. The predicted molar refractivity (Wildman–Crippen MR) is 80.3 cm³/mol. The highest BCUT2D eigenvalue weighted by molar-refractivity contribution is 7.17. The molecule has 0 bridgehead atoms. The van der Waals surface area contributed by atoms with E-state index in [0.29, 0.717) is 5.89 Å². The molecule has 1 aliphatic heterocycles. The maximum atomic E-state index is 5.49. The van der Waals surface area contributed by atoms with Crippen molar-refractivity contribution in [3.8, 4) is 0 Å². The molecule has 4 rings (SSSR count). The maximum absolute atomic E-state index is 5.49. The first-order chi connectivity index (χ1) is 10.3. The number of thiophene rings is 1. The number of fused-ring (bicyclic) bond motifs is 1. The van der Waals surface area contributed by atoms with Crippen LogP contribution in [0.25, 0.3) is 10.2 Å². The van der Waals surface area contributed by atoms with Crippen molar-refractivity contribution in [3.05, 3.63) is 23.7 Å². The Morgan fingerprint density at radius 3 is 2.86 bits per heavy atom. The number of hydrogen-bond donors (Lipinski definition) is 1. The van der Waals surface area contributed by atoms with Gasteiger partial charge in [-0.2, -0.15) is 0 Å². The average Bonchev–Trinajstić information content (AvgIpc) is 3.15. The fourth-order valence-electron chi connectivity index (χ4n) is 2.75. The van der Waals surface area contributed by atoms with Gasteiger partial charge in [-0.05, 0) is 24.3 Å². The van der Waals surface area contributed by atoms with E-state index < -0.39 is 0 Å². The lowest BCUT2D eigenvalue weighted by Gasteiger charge is -2.31. The molecule has 0 aromatic carbocycles. The molecule has 3 aromatic rings. The van der Waals surface area contributed by atoms with Crippen molar-refractivity contribution in [3.63, 3.8) is 0 Å². The molecule has 0 aliphatic carbocycles. The molecule has 0 atom stereocenters. The van der Waals surface area contributed by atoms with E-state index in [1.54, 1.807) is 17.7 Å². The minimum Gasteiger partial charge on any atom is -0.408 e. The van der Waals surface area contributed by atoms with E-state index >= 15 is 0 Å². The van der Waals surface area contributed by atoms with E-state index in [1.165, 1.54) is 0 Å². The minimum absolute atomic E-state index is 0.142. The zero-order valence-corrected chi connectivity index (χ0v) is 12.1. The largest absolute Gasteiger partial charge is 0.408 e. The molecule has 0 saturated carbocycles. The normalized spacial score (nSPS) is 16.7. The molecule has 3 aromatic heterocycles. The van der Waals surface area contributed by atoms with Crippen molar-refractivity contribution in [1.29, 1.82) is 0 Å². The highest BCUT2D eigenvalue weighted by Crippen LogP contribution is 2.33. The average molecular weight is 302 g/mol. The molecule has 7 nitrogen and oxygen atoms in total. The van der Waals surface area contributed by atoms with Gasteiger partial charge in [-0.15, -0.1) is 16.4 Å². The molecule has 1 fully saturated rings. The summed E-state index contributed by atoms with van der Waals surface area (Å²) in [4.78, 5) is 11.0. The van der Waals surface area contributed by atoms with Gasteiger partial charge in [-0.1, -0.05) is 5.10 Å². The Balaban J connectivity index is 1.53. The van der Waals surface area contributed by atoms with Crippen molar-refractivity contribution in [1.82, 2.24) is 20.2 Å². The lowest BCUT2D eigenvalue weighted by atomic mass is 9.97. The number of anilines is 2. The molecule has 0 spiro atoms. The van der Waals surface area contributed by atoms with Crippen LogP contribution in [0, 0.1) is 0 Å². The lowest BCUT2D eigenvalue weighted by Crippen LogP contribution is -2.33. The number of aromatic nitrogens is 4. The van der Waals surface area contributed by atoms with E-state index in [1.807, 2.05) is 6.07 Å². The highest BCUT2D eigenvalue weighted by Gasteiger charge is 2.26. The summed E-state index contributed by atoms with van der Waals surface area (Å²) in [5.74, 6) is 1.96. The molecule has 8 heteroatoms. The fraction of sp³-hybridized carbons (Fsp3) is 0.385. The summed E-state index contributed by atoms with van der Waals surface area (Å²) in [7, 11) is 0. The van der Waals surface area contributed by atoms with Crippen molar-refractivity contribution in [2.24, 2.45) is 0 Å². The molecule has 0 radical (unpaired) electrons. The van der Waals surface area contributed by atoms with Crippen LogP contribution in [-0.4, -0.2) is 33.3 Å². The summed E-state index contributed by atoms with van der Waals surface area (Å²) in [6, 6.07) is 2.17. The molecule has 108 valence electrons. The Hall–Kier alpha value is -2.22. The summed E-state index contributed by atoms with van der Waals surface area (Å²) in [6.07, 6.45) is 3.55. The van der Waals surface area contributed by atoms with Gasteiger partial charge in [0.05, 0.1) is 10.2 Å². The van der Waals surface area contributed by atoms with E-state index in [-0.39, 0.29) is 11.9 Å². The van der Waals surface area contributed by atoms with Crippen LogP contribution in [0.1, 0.15) is 24.7 Å². The number of piperidine rings is 1. The topological polar surface area (TPSA) is 94.0 Å². The Kier molecular flexibility index (Phi) is 2.95. The van der Waals surface area contributed by atoms with Crippen molar-refractivity contribution >= 4 is 33.4 Å². The lowest BCUT2D eigenvalue weighted by molar-refractivity contribution is 0.399.